The number of aliphatic hydroxyl groups excluding tert-OH is 1. The second kappa shape index (κ2) is 8.55. The van der Waals surface area contributed by atoms with Crippen LogP contribution in [0.15, 0.2) is 46.9 Å². The molecule has 0 fully saturated rings. The first-order chi connectivity index (χ1) is 11.1. The quantitative estimate of drug-likeness (QED) is 0.773. The Bertz CT molecular complexity index is 658. The van der Waals surface area contributed by atoms with Crippen LogP contribution in [0, 0.1) is 0 Å². The molecule has 0 atom stereocenters. The summed E-state index contributed by atoms with van der Waals surface area (Å²) in [4.78, 5) is 11.9. The van der Waals surface area contributed by atoms with Gasteiger partial charge in [-0.3, -0.25) is 4.79 Å². The molecule has 0 aliphatic carbocycles. The highest BCUT2D eigenvalue weighted by Gasteiger charge is 2.09. The molecule has 5 nitrogen and oxygen atoms in total. The van der Waals surface area contributed by atoms with Crippen LogP contribution < -0.4 is 14.8 Å². The SMILES string of the molecule is CCOc1cc(CO)ccc1OCC(=O)Nc1ccc(Br)cc1. The summed E-state index contributed by atoms with van der Waals surface area (Å²) in [5.41, 5.74) is 1.42. The molecule has 0 aromatic heterocycles. The molecular weight excluding hydrogens is 362 g/mol. The lowest BCUT2D eigenvalue weighted by molar-refractivity contribution is -0.118. The largest absolute Gasteiger partial charge is 0.490 e. The van der Waals surface area contributed by atoms with E-state index in [-0.39, 0.29) is 19.1 Å². The summed E-state index contributed by atoms with van der Waals surface area (Å²) in [7, 11) is 0. The fourth-order valence-electron chi connectivity index (χ4n) is 1.91. The van der Waals surface area contributed by atoms with Gasteiger partial charge in [-0.2, -0.15) is 0 Å². The molecule has 2 N–H and O–H groups in total. The molecule has 6 heteroatoms. The number of hydrogen-bond acceptors (Lipinski definition) is 4. The number of anilines is 1. The van der Waals surface area contributed by atoms with Crippen molar-refractivity contribution in [2.45, 2.75) is 13.5 Å². The number of halogens is 1. The summed E-state index contributed by atoms with van der Waals surface area (Å²) in [5.74, 6) is 0.714. The van der Waals surface area contributed by atoms with E-state index in [1.54, 1.807) is 30.3 Å². The molecule has 0 unspecified atom stereocenters. The van der Waals surface area contributed by atoms with Gasteiger partial charge in [-0.25, -0.2) is 0 Å². The van der Waals surface area contributed by atoms with Crippen molar-refractivity contribution in [3.63, 3.8) is 0 Å². The van der Waals surface area contributed by atoms with Crippen LogP contribution in [0.2, 0.25) is 0 Å². The molecule has 0 saturated heterocycles. The molecular formula is C17H18BrNO4. The van der Waals surface area contributed by atoms with Crippen LogP contribution >= 0.6 is 15.9 Å². The molecule has 122 valence electrons. The number of aliphatic hydroxyl groups is 1. The Kier molecular flexibility index (Phi) is 6.43. The highest BCUT2D eigenvalue weighted by atomic mass is 79.9. The highest BCUT2D eigenvalue weighted by Crippen LogP contribution is 2.28. The summed E-state index contributed by atoms with van der Waals surface area (Å²) in [6, 6.07) is 12.4. The molecule has 0 radical (unpaired) electrons. The Morgan fingerprint density at radius 1 is 1.13 bits per heavy atom. The van der Waals surface area contributed by atoms with E-state index >= 15 is 0 Å². The molecule has 0 saturated carbocycles. The van der Waals surface area contributed by atoms with Crippen molar-refractivity contribution in [1.82, 2.24) is 0 Å². The average Bonchev–Trinajstić information content (AvgIpc) is 2.56. The van der Waals surface area contributed by atoms with Crippen LogP contribution in [0.25, 0.3) is 0 Å². The van der Waals surface area contributed by atoms with Crippen molar-refractivity contribution in [2.75, 3.05) is 18.5 Å². The van der Waals surface area contributed by atoms with Crippen LogP contribution in [-0.2, 0) is 11.4 Å². The van der Waals surface area contributed by atoms with Crippen molar-refractivity contribution in [2.24, 2.45) is 0 Å². The molecule has 0 bridgehead atoms. The lowest BCUT2D eigenvalue weighted by Crippen LogP contribution is -2.20. The summed E-state index contributed by atoms with van der Waals surface area (Å²) < 4.78 is 11.9. The molecule has 2 aromatic carbocycles. The minimum Gasteiger partial charge on any atom is -0.490 e. The van der Waals surface area contributed by atoms with E-state index in [9.17, 15) is 4.79 Å². The van der Waals surface area contributed by atoms with Crippen LogP contribution in [0.4, 0.5) is 5.69 Å². The van der Waals surface area contributed by atoms with E-state index in [4.69, 9.17) is 14.6 Å². The van der Waals surface area contributed by atoms with E-state index in [2.05, 4.69) is 21.2 Å². The standard InChI is InChI=1S/C17H18BrNO4/c1-2-22-16-9-12(10-20)3-8-15(16)23-11-17(21)19-14-6-4-13(18)5-7-14/h3-9,20H,2,10-11H2,1H3,(H,19,21). The second-order valence-corrected chi connectivity index (χ2v) is 5.63. The smallest absolute Gasteiger partial charge is 0.262 e. The van der Waals surface area contributed by atoms with Crippen molar-refractivity contribution in [3.8, 4) is 11.5 Å². The first-order valence-corrected chi connectivity index (χ1v) is 7.96. The average molecular weight is 380 g/mol. The predicted molar refractivity (Wildman–Crippen MR) is 91.8 cm³/mol. The Morgan fingerprint density at radius 2 is 1.87 bits per heavy atom. The Balaban J connectivity index is 1.96. The van der Waals surface area contributed by atoms with E-state index in [0.717, 1.165) is 10.0 Å². The molecule has 1 amide bonds. The van der Waals surface area contributed by atoms with Crippen molar-refractivity contribution in [1.29, 1.82) is 0 Å². The Labute approximate surface area is 143 Å². The lowest BCUT2D eigenvalue weighted by Gasteiger charge is -2.13. The molecule has 0 aliphatic rings. The second-order valence-electron chi connectivity index (χ2n) is 4.72. The van der Waals surface area contributed by atoms with E-state index in [0.29, 0.717) is 23.8 Å². The van der Waals surface area contributed by atoms with E-state index in [1.165, 1.54) is 0 Å². The number of hydrogen-bond donors (Lipinski definition) is 2. The van der Waals surface area contributed by atoms with Gasteiger partial charge in [0.15, 0.2) is 18.1 Å². The monoisotopic (exact) mass is 379 g/mol. The van der Waals surface area contributed by atoms with E-state index in [1.807, 2.05) is 19.1 Å². The van der Waals surface area contributed by atoms with Gasteiger partial charge in [0.2, 0.25) is 0 Å². The van der Waals surface area contributed by atoms with E-state index < -0.39 is 0 Å². The minimum atomic E-state index is -0.263. The van der Waals surface area contributed by atoms with Crippen LogP contribution in [-0.4, -0.2) is 24.2 Å². The number of carbonyl (C=O) groups is 1. The maximum atomic E-state index is 11.9. The van der Waals surface area contributed by atoms with Crippen LogP contribution in [0.3, 0.4) is 0 Å². The van der Waals surface area contributed by atoms with Crippen LogP contribution in [0.1, 0.15) is 12.5 Å². The summed E-state index contributed by atoms with van der Waals surface area (Å²) in [5, 5.41) is 11.9. The first-order valence-electron chi connectivity index (χ1n) is 7.17. The van der Waals surface area contributed by atoms with Crippen molar-refractivity contribution < 1.29 is 19.4 Å². The maximum absolute atomic E-state index is 11.9. The topological polar surface area (TPSA) is 67.8 Å². The van der Waals surface area contributed by atoms with Crippen LogP contribution in [0.5, 0.6) is 11.5 Å². The first kappa shape index (κ1) is 17.3. The van der Waals surface area contributed by atoms with Gasteiger partial charge in [0, 0.05) is 10.2 Å². The zero-order valence-corrected chi connectivity index (χ0v) is 14.3. The van der Waals surface area contributed by atoms with Crippen molar-refractivity contribution in [3.05, 3.63) is 52.5 Å². The summed E-state index contributed by atoms with van der Waals surface area (Å²) >= 11 is 3.34. The number of ether oxygens (including phenoxy) is 2. The fourth-order valence-corrected chi connectivity index (χ4v) is 2.18. The van der Waals surface area contributed by atoms with Gasteiger partial charge in [-0.05, 0) is 48.9 Å². The molecule has 0 aliphatic heterocycles. The Morgan fingerprint density at radius 3 is 2.52 bits per heavy atom. The molecule has 2 aromatic rings. The Hall–Kier alpha value is -2.05. The normalized spacial score (nSPS) is 10.2. The van der Waals surface area contributed by atoms with Gasteiger partial charge in [0.1, 0.15) is 0 Å². The third kappa shape index (κ3) is 5.26. The molecule has 23 heavy (non-hydrogen) atoms. The van der Waals surface area contributed by atoms with Gasteiger partial charge >= 0.3 is 0 Å². The third-order valence-corrected chi connectivity index (χ3v) is 3.51. The van der Waals surface area contributed by atoms with Gasteiger partial charge in [-0.1, -0.05) is 22.0 Å². The maximum Gasteiger partial charge on any atom is 0.262 e. The zero-order valence-electron chi connectivity index (χ0n) is 12.7. The zero-order chi connectivity index (χ0) is 16.7. The number of amides is 1. The molecule has 0 heterocycles. The lowest BCUT2D eigenvalue weighted by atomic mass is 10.2. The van der Waals surface area contributed by atoms with Gasteiger partial charge < -0.3 is 19.9 Å². The number of carbonyl (C=O) groups excluding carboxylic acids is 1. The van der Waals surface area contributed by atoms with Crippen molar-refractivity contribution >= 4 is 27.5 Å². The predicted octanol–water partition coefficient (Wildman–Crippen LogP) is 3.36. The third-order valence-electron chi connectivity index (χ3n) is 2.98. The summed E-state index contributed by atoms with van der Waals surface area (Å²) in [6.07, 6.45) is 0. The van der Waals surface area contributed by atoms with Gasteiger partial charge in [0.25, 0.3) is 5.91 Å². The fraction of sp³-hybridized carbons (Fsp3) is 0.235. The number of rotatable bonds is 7. The molecule has 2 rings (SSSR count). The van der Waals surface area contributed by atoms with Gasteiger partial charge in [-0.15, -0.1) is 0 Å². The van der Waals surface area contributed by atoms with Gasteiger partial charge in [0.05, 0.1) is 13.2 Å². The number of nitrogens with one attached hydrogen (secondary N) is 1. The molecule has 0 spiro atoms. The number of benzene rings is 2. The minimum absolute atomic E-state index is 0.0790. The highest BCUT2D eigenvalue weighted by molar-refractivity contribution is 9.10. The summed E-state index contributed by atoms with van der Waals surface area (Å²) in [6.45, 7) is 2.12.